The van der Waals surface area contributed by atoms with E-state index in [1.54, 1.807) is 0 Å². The van der Waals surface area contributed by atoms with E-state index in [1.165, 1.54) is 0 Å². The molecule has 6 nitrogen and oxygen atoms in total. The third kappa shape index (κ3) is 2.67. The average Bonchev–Trinajstić information content (AvgIpc) is 2.12. The third-order valence-electron chi connectivity index (χ3n) is 1.26. The molecule has 0 radical (unpaired) electrons. The molecule has 0 aromatic heterocycles. The number of rotatable bonds is 5. The van der Waals surface area contributed by atoms with Crippen LogP contribution in [-0.2, 0) is 9.59 Å². The molecule has 0 aliphatic rings. The number of carbonyl (C=O) groups is 2. The van der Waals surface area contributed by atoms with Gasteiger partial charge in [-0.1, -0.05) is 0 Å². The maximum atomic E-state index is 10.7. The van der Waals surface area contributed by atoms with Crippen molar-refractivity contribution in [3.05, 3.63) is 0 Å². The fourth-order valence-electron chi connectivity index (χ4n) is 0.531. The molecule has 0 saturated carbocycles. The number of Topliss-reactive ketones (excluding diaryl/α,β-unsaturated/α-hetero) is 1. The minimum atomic E-state index is -1.96. The first-order valence-corrected chi connectivity index (χ1v) is 3.18. The summed E-state index contributed by atoms with van der Waals surface area (Å²) in [5.74, 6) is -1.23. The molecule has 0 saturated heterocycles. The molecule has 0 amide bonds. The van der Waals surface area contributed by atoms with E-state index in [1.807, 2.05) is 0 Å². The van der Waals surface area contributed by atoms with Crippen molar-refractivity contribution >= 4 is 12.1 Å². The average molecular weight is 178 g/mol. The number of hydrogen-bond acceptors (Lipinski definition) is 6. The molecule has 0 bridgehead atoms. The summed E-state index contributed by atoms with van der Waals surface area (Å²) in [5.41, 5.74) is 0. The predicted molar refractivity (Wildman–Crippen MR) is 36.2 cm³/mol. The molecule has 12 heavy (non-hydrogen) atoms. The number of aliphatic hydroxyl groups excluding tert-OH is 4. The molecule has 70 valence electrons. The summed E-state index contributed by atoms with van der Waals surface area (Å²) in [5, 5.41) is 34.3. The summed E-state index contributed by atoms with van der Waals surface area (Å²) in [6.07, 6.45) is -5.64. The Morgan fingerprint density at radius 3 is 2.17 bits per heavy atom. The zero-order chi connectivity index (χ0) is 9.72. The van der Waals surface area contributed by atoms with Crippen LogP contribution in [0.15, 0.2) is 0 Å². The smallest absolute Gasteiger partial charge is 0.199 e. The van der Waals surface area contributed by atoms with E-state index in [0.717, 1.165) is 0 Å². The Morgan fingerprint density at radius 2 is 1.83 bits per heavy atom. The number of hydrogen-bond donors (Lipinski definition) is 4. The van der Waals surface area contributed by atoms with Crippen molar-refractivity contribution in [3.8, 4) is 0 Å². The van der Waals surface area contributed by atoms with E-state index < -0.39 is 30.7 Å². The van der Waals surface area contributed by atoms with E-state index in [0.29, 0.717) is 0 Å². The maximum absolute atomic E-state index is 10.7. The minimum Gasteiger partial charge on any atom is -0.394 e. The molecular weight excluding hydrogens is 168 g/mol. The lowest BCUT2D eigenvalue weighted by Crippen LogP contribution is -2.42. The molecular formula is C6H10O6. The van der Waals surface area contributed by atoms with Gasteiger partial charge < -0.3 is 20.4 Å². The van der Waals surface area contributed by atoms with Gasteiger partial charge in [-0.05, 0) is 0 Å². The Bertz CT molecular complexity index is 167. The second-order valence-corrected chi connectivity index (χ2v) is 2.18. The van der Waals surface area contributed by atoms with Crippen LogP contribution in [0.2, 0.25) is 0 Å². The zero-order valence-electron chi connectivity index (χ0n) is 6.12. The van der Waals surface area contributed by atoms with Gasteiger partial charge in [0, 0.05) is 0 Å². The minimum absolute atomic E-state index is 0.0738. The maximum Gasteiger partial charge on any atom is 0.199 e. The van der Waals surface area contributed by atoms with Crippen LogP contribution < -0.4 is 0 Å². The molecule has 0 rings (SSSR count). The van der Waals surface area contributed by atoms with Gasteiger partial charge in [-0.2, -0.15) is 0 Å². The van der Waals surface area contributed by atoms with Crippen molar-refractivity contribution in [2.45, 2.75) is 18.3 Å². The van der Waals surface area contributed by atoms with Crippen molar-refractivity contribution in [2.75, 3.05) is 6.61 Å². The summed E-state index contributed by atoms with van der Waals surface area (Å²) in [7, 11) is 0. The van der Waals surface area contributed by atoms with E-state index in [-0.39, 0.29) is 6.29 Å². The number of aldehydes is 1. The normalized spacial score (nSPS) is 18.0. The summed E-state index contributed by atoms with van der Waals surface area (Å²) in [6, 6.07) is 0. The van der Waals surface area contributed by atoms with Crippen LogP contribution in [0.1, 0.15) is 0 Å². The predicted octanol–water partition coefficient (Wildman–Crippen LogP) is -3.17. The van der Waals surface area contributed by atoms with Crippen molar-refractivity contribution in [1.29, 1.82) is 0 Å². The summed E-state index contributed by atoms with van der Waals surface area (Å²) in [4.78, 5) is 20.5. The van der Waals surface area contributed by atoms with Crippen molar-refractivity contribution < 1.29 is 30.0 Å². The molecule has 3 atom stereocenters. The van der Waals surface area contributed by atoms with Crippen LogP contribution in [0.4, 0.5) is 0 Å². The quantitative estimate of drug-likeness (QED) is 0.261. The second-order valence-electron chi connectivity index (χ2n) is 2.18. The molecule has 0 unspecified atom stereocenters. The molecule has 4 N–H and O–H groups in total. The van der Waals surface area contributed by atoms with Crippen LogP contribution >= 0.6 is 0 Å². The lowest BCUT2D eigenvalue weighted by atomic mass is 10.1. The Morgan fingerprint density at radius 1 is 1.33 bits per heavy atom. The first kappa shape index (κ1) is 11.2. The van der Waals surface area contributed by atoms with Gasteiger partial charge in [0.05, 0.1) is 6.61 Å². The number of aliphatic hydroxyl groups is 4. The highest BCUT2D eigenvalue weighted by Crippen LogP contribution is 1.97. The van der Waals surface area contributed by atoms with Crippen molar-refractivity contribution in [1.82, 2.24) is 0 Å². The summed E-state index contributed by atoms with van der Waals surface area (Å²) < 4.78 is 0. The second kappa shape index (κ2) is 4.94. The van der Waals surface area contributed by atoms with Gasteiger partial charge in [0.2, 0.25) is 0 Å². The molecule has 0 heterocycles. The molecule has 0 spiro atoms. The van der Waals surface area contributed by atoms with Gasteiger partial charge in [0.25, 0.3) is 0 Å². The van der Waals surface area contributed by atoms with E-state index in [2.05, 4.69) is 0 Å². The summed E-state index contributed by atoms with van der Waals surface area (Å²) in [6.45, 7) is -0.821. The van der Waals surface area contributed by atoms with Crippen LogP contribution in [0.3, 0.4) is 0 Å². The van der Waals surface area contributed by atoms with Gasteiger partial charge in [-0.3, -0.25) is 9.59 Å². The topological polar surface area (TPSA) is 115 Å². The zero-order valence-corrected chi connectivity index (χ0v) is 6.12. The van der Waals surface area contributed by atoms with Gasteiger partial charge in [-0.25, -0.2) is 0 Å². The van der Waals surface area contributed by atoms with Crippen LogP contribution in [-0.4, -0.2) is 57.4 Å². The van der Waals surface area contributed by atoms with Gasteiger partial charge in [-0.15, -0.1) is 0 Å². The van der Waals surface area contributed by atoms with E-state index in [9.17, 15) is 9.59 Å². The largest absolute Gasteiger partial charge is 0.394 e. The molecule has 0 aliphatic carbocycles. The van der Waals surface area contributed by atoms with Crippen molar-refractivity contribution in [3.63, 3.8) is 0 Å². The highest BCUT2D eigenvalue weighted by Gasteiger charge is 2.28. The monoisotopic (exact) mass is 178 g/mol. The molecule has 0 aliphatic heterocycles. The standard InChI is InChI=1S/C6H10O6/c7-1-3(9)5(11)6(12)4(10)2-8/h1,3-4,6,8-10,12H,2H2/t3-,4+,6+/m0/s1. The highest BCUT2D eigenvalue weighted by molar-refractivity contribution is 5.98. The Labute approximate surface area is 68.1 Å². The highest BCUT2D eigenvalue weighted by atomic mass is 16.4. The van der Waals surface area contributed by atoms with Gasteiger partial charge in [0.1, 0.15) is 12.2 Å². The molecule has 0 aromatic carbocycles. The molecule has 0 aromatic rings. The van der Waals surface area contributed by atoms with Gasteiger partial charge >= 0.3 is 0 Å². The lowest BCUT2D eigenvalue weighted by molar-refractivity contribution is -0.145. The number of ketones is 1. The van der Waals surface area contributed by atoms with E-state index >= 15 is 0 Å². The molecule has 0 fully saturated rings. The first-order chi connectivity index (χ1) is 5.54. The number of carbonyl (C=O) groups excluding carboxylic acids is 2. The third-order valence-corrected chi connectivity index (χ3v) is 1.26. The van der Waals surface area contributed by atoms with Crippen LogP contribution in [0, 0.1) is 0 Å². The lowest BCUT2D eigenvalue weighted by Gasteiger charge is -2.14. The fraction of sp³-hybridized carbons (Fsp3) is 0.667. The Balaban J connectivity index is 4.18. The van der Waals surface area contributed by atoms with Crippen molar-refractivity contribution in [2.24, 2.45) is 0 Å². The first-order valence-electron chi connectivity index (χ1n) is 3.18. The Kier molecular flexibility index (Phi) is 4.60. The van der Waals surface area contributed by atoms with Gasteiger partial charge in [0.15, 0.2) is 18.2 Å². The SMILES string of the molecule is O=C[C@H](O)C(=O)[C@H](O)[C@H](O)CO. The van der Waals surface area contributed by atoms with E-state index in [4.69, 9.17) is 20.4 Å². The molecule has 6 heteroatoms. The van der Waals surface area contributed by atoms with Crippen LogP contribution in [0.25, 0.3) is 0 Å². The van der Waals surface area contributed by atoms with Crippen LogP contribution in [0.5, 0.6) is 0 Å². The fourth-order valence-corrected chi connectivity index (χ4v) is 0.531. The summed E-state index contributed by atoms with van der Waals surface area (Å²) >= 11 is 0. The Hall–Kier alpha value is -0.820.